The first-order valence-corrected chi connectivity index (χ1v) is 8.56. The number of nitrogens with two attached hydrogens (primary N) is 4. The van der Waals surface area contributed by atoms with E-state index in [1.165, 1.54) is 4.90 Å². The van der Waals surface area contributed by atoms with E-state index in [1.54, 1.807) is 0 Å². The molecule has 0 aliphatic carbocycles. The van der Waals surface area contributed by atoms with E-state index < -0.39 is 41.8 Å². The average Bonchev–Trinajstić information content (AvgIpc) is 3.05. The van der Waals surface area contributed by atoms with E-state index >= 15 is 0 Å². The monoisotopic (exact) mass is 385 g/mol. The maximum atomic E-state index is 12.8. The molecule has 12 nitrogen and oxygen atoms in total. The molecular weight excluding hydrogens is 358 g/mol. The van der Waals surface area contributed by atoms with Crippen molar-refractivity contribution in [3.63, 3.8) is 0 Å². The predicted molar refractivity (Wildman–Crippen MR) is 96.0 cm³/mol. The summed E-state index contributed by atoms with van der Waals surface area (Å²) in [5.74, 6) is -3.20. The van der Waals surface area contributed by atoms with Crippen molar-refractivity contribution in [2.75, 3.05) is 13.1 Å². The molecule has 10 N–H and O–H groups in total. The van der Waals surface area contributed by atoms with E-state index in [0.717, 1.165) is 0 Å². The first-order chi connectivity index (χ1) is 12.6. The maximum Gasteiger partial charge on any atom is 0.326 e. The van der Waals surface area contributed by atoms with Gasteiger partial charge < -0.3 is 38.3 Å². The van der Waals surface area contributed by atoms with Gasteiger partial charge in [-0.1, -0.05) is 0 Å². The van der Waals surface area contributed by atoms with Crippen molar-refractivity contribution in [2.24, 2.45) is 27.9 Å². The van der Waals surface area contributed by atoms with Crippen LogP contribution in [0.5, 0.6) is 0 Å². The highest BCUT2D eigenvalue weighted by Gasteiger charge is 2.37. The molecule has 0 bridgehead atoms. The number of primary amides is 1. The standard InChI is InChI=1S/C15H27N7O5/c16-8(7-11(17)23)12(24)21-9(3-1-5-20-15(18)19)13(25)22-6-2-4-10(22)14(26)27/h8-10H,1-7,16H2,(H2,17,23)(H,21,24)(H,26,27)(H4,18,19,20). The third-order valence-corrected chi connectivity index (χ3v) is 4.14. The van der Waals surface area contributed by atoms with Gasteiger partial charge in [0.1, 0.15) is 12.1 Å². The number of aliphatic imine (C=N–C) groups is 1. The highest BCUT2D eigenvalue weighted by Crippen LogP contribution is 2.19. The van der Waals surface area contributed by atoms with E-state index in [9.17, 15) is 24.3 Å². The summed E-state index contributed by atoms with van der Waals surface area (Å²) in [6, 6.07) is -3.15. The topological polar surface area (TPSA) is 220 Å². The number of hydrogen-bond acceptors (Lipinski definition) is 6. The van der Waals surface area contributed by atoms with Gasteiger partial charge in [-0.2, -0.15) is 0 Å². The van der Waals surface area contributed by atoms with Crippen LogP contribution in [0.15, 0.2) is 4.99 Å². The molecular formula is C15H27N7O5. The zero-order valence-electron chi connectivity index (χ0n) is 15.0. The summed E-state index contributed by atoms with van der Waals surface area (Å²) < 4.78 is 0. The van der Waals surface area contributed by atoms with Crippen LogP contribution in [0.4, 0.5) is 0 Å². The number of carboxylic acids is 1. The van der Waals surface area contributed by atoms with Gasteiger partial charge in [-0.3, -0.25) is 19.4 Å². The Hall–Kier alpha value is -2.89. The average molecular weight is 385 g/mol. The minimum absolute atomic E-state index is 0.101. The summed E-state index contributed by atoms with van der Waals surface area (Å²) in [5, 5.41) is 11.7. The zero-order chi connectivity index (χ0) is 20.6. The van der Waals surface area contributed by atoms with Gasteiger partial charge in [0, 0.05) is 13.1 Å². The normalized spacial score (nSPS) is 18.4. The second-order valence-electron chi connectivity index (χ2n) is 6.31. The van der Waals surface area contributed by atoms with E-state index in [-0.39, 0.29) is 31.9 Å². The van der Waals surface area contributed by atoms with Crippen LogP contribution in [0.2, 0.25) is 0 Å². The van der Waals surface area contributed by atoms with Crippen molar-refractivity contribution < 1.29 is 24.3 Å². The lowest BCUT2D eigenvalue weighted by atomic mass is 10.1. The summed E-state index contributed by atoms with van der Waals surface area (Å²) in [7, 11) is 0. The van der Waals surface area contributed by atoms with E-state index in [2.05, 4.69) is 10.3 Å². The lowest BCUT2D eigenvalue weighted by Crippen LogP contribution is -2.55. The van der Waals surface area contributed by atoms with Crippen molar-refractivity contribution >= 4 is 29.7 Å². The lowest BCUT2D eigenvalue weighted by molar-refractivity contribution is -0.149. The largest absolute Gasteiger partial charge is 0.480 e. The van der Waals surface area contributed by atoms with Gasteiger partial charge in [-0.25, -0.2) is 4.79 Å². The molecule has 3 unspecified atom stereocenters. The number of likely N-dealkylation sites (tertiary alicyclic amines) is 1. The van der Waals surface area contributed by atoms with E-state index in [1.807, 2.05) is 0 Å². The molecule has 1 heterocycles. The van der Waals surface area contributed by atoms with Crippen molar-refractivity contribution in [3.05, 3.63) is 0 Å². The Labute approximate surface area is 156 Å². The highest BCUT2D eigenvalue weighted by atomic mass is 16.4. The van der Waals surface area contributed by atoms with Crippen molar-refractivity contribution in [2.45, 2.75) is 50.2 Å². The number of nitrogens with zero attached hydrogens (tertiary/aromatic N) is 2. The number of guanidine groups is 1. The van der Waals surface area contributed by atoms with Gasteiger partial charge in [0.25, 0.3) is 0 Å². The molecule has 3 atom stereocenters. The Bertz CT molecular complexity index is 605. The van der Waals surface area contributed by atoms with Crippen LogP contribution in [0, 0.1) is 0 Å². The molecule has 3 amide bonds. The molecule has 0 spiro atoms. The van der Waals surface area contributed by atoms with Crippen molar-refractivity contribution in [1.29, 1.82) is 0 Å². The SMILES string of the molecule is NC(=O)CC(N)C(=O)NC(CCCN=C(N)N)C(=O)N1CCCC1C(=O)O. The molecule has 1 aliphatic rings. The van der Waals surface area contributed by atoms with Gasteiger partial charge in [0.05, 0.1) is 12.5 Å². The van der Waals surface area contributed by atoms with Crippen LogP contribution in [0.1, 0.15) is 32.1 Å². The summed E-state index contributed by atoms with van der Waals surface area (Å²) in [5.41, 5.74) is 21.1. The van der Waals surface area contributed by atoms with Gasteiger partial charge in [0.2, 0.25) is 17.7 Å². The van der Waals surface area contributed by atoms with E-state index in [0.29, 0.717) is 19.3 Å². The fourth-order valence-corrected chi connectivity index (χ4v) is 2.84. The number of hydrogen-bond donors (Lipinski definition) is 6. The zero-order valence-corrected chi connectivity index (χ0v) is 15.0. The Morgan fingerprint density at radius 3 is 2.44 bits per heavy atom. The second-order valence-corrected chi connectivity index (χ2v) is 6.31. The summed E-state index contributed by atoms with van der Waals surface area (Å²) in [4.78, 5) is 52.2. The molecule has 1 rings (SSSR count). The quantitative estimate of drug-likeness (QED) is 0.127. The smallest absolute Gasteiger partial charge is 0.326 e. The van der Waals surface area contributed by atoms with Gasteiger partial charge in [0.15, 0.2) is 5.96 Å². The molecule has 1 saturated heterocycles. The molecule has 152 valence electrons. The molecule has 12 heteroatoms. The maximum absolute atomic E-state index is 12.8. The molecule has 27 heavy (non-hydrogen) atoms. The fraction of sp³-hybridized carbons (Fsp3) is 0.667. The van der Waals surface area contributed by atoms with Gasteiger partial charge >= 0.3 is 5.97 Å². The second kappa shape index (κ2) is 10.3. The number of aliphatic carboxylic acids is 1. The molecule has 0 aromatic rings. The Kier molecular flexibility index (Phi) is 8.45. The number of amides is 3. The highest BCUT2D eigenvalue weighted by molar-refractivity contribution is 5.93. The van der Waals surface area contributed by atoms with E-state index in [4.69, 9.17) is 22.9 Å². The number of carbonyl (C=O) groups is 4. The third-order valence-electron chi connectivity index (χ3n) is 4.14. The van der Waals surface area contributed by atoms with Crippen LogP contribution in [0.25, 0.3) is 0 Å². The third kappa shape index (κ3) is 7.09. The number of carbonyl (C=O) groups excluding carboxylic acids is 3. The van der Waals surface area contributed by atoms with Gasteiger partial charge in [-0.15, -0.1) is 0 Å². The van der Waals surface area contributed by atoms with Crippen molar-refractivity contribution in [1.82, 2.24) is 10.2 Å². The number of rotatable bonds is 10. The molecule has 0 aromatic carbocycles. The summed E-state index contributed by atoms with van der Waals surface area (Å²) >= 11 is 0. The fourth-order valence-electron chi connectivity index (χ4n) is 2.84. The van der Waals surface area contributed by atoms with Crippen LogP contribution < -0.4 is 28.3 Å². The Morgan fingerprint density at radius 1 is 1.22 bits per heavy atom. The summed E-state index contributed by atoms with van der Waals surface area (Å²) in [6.07, 6.45) is 1.07. The predicted octanol–water partition coefficient (Wildman–Crippen LogP) is -3.20. The number of carboxylic acid groups (broad SMARTS) is 1. The van der Waals surface area contributed by atoms with Crippen LogP contribution in [-0.2, 0) is 19.2 Å². The number of nitrogens with one attached hydrogen (secondary N) is 1. The molecule has 0 aromatic heterocycles. The summed E-state index contributed by atoms with van der Waals surface area (Å²) in [6.45, 7) is 0.515. The molecule has 1 aliphatic heterocycles. The Morgan fingerprint density at radius 2 is 1.89 bits per heavy atom. The first kappa shape index (κ1) is 22.2. The minimum Gasteiger partial charge on any atom is -0.480 e. The molecule has 0 radical (unpaired) electrons. The van der Waals surface area contributed by atoms with Gasteiger partial charge in [-0.05, 0) is 25.7 Å². The first-order valence-electron chi connectivity index (χ1n) is 8.56. The lowest BCUT2D eigenvalue weighted by Gasteiger charge is -2.28. The Balaban J connectivity index is 2.84. The molecule has 1 fully saturated rings. The van der Waals surface area contributed by atoms with Crippen molar-refractivity contribution in [3.8, 4) is 0 Å². The van der Waals surface area contributed by atoms with Crippen LogP contribution >= 0.6 is 0 Å². The molecule has 0 saturated carbocycles. The minimum atomic E-state index is -1.20. The van der Waals surface area contributed by atoms with Crippen LogP contribution in [0.3, 0.4) is 0 Å². The van der Waals surface area contributed by atoms with Crippen LogP contribution in [-0.4, -0.2) is 70.9 Å².